The van der Waals surface area contributed by atoms with Crippen molar-refractivity contribution in [2.24, 2.45) is 0 Å². The highest BCUT2D eigenvalue weighted by Crippen LogP contribution is 2.26. The van der Waals surface area contributed by atoms with Crippen LogP contribution in [0, 0.1) is 0 Å². The monoisotopic (exact) mass is 204 g/mol. The summed E-state index contributed by atoms with van der Waals surface area (Å²) in [6.45, 7) is 2.23. The molecule has 2 N–H and O–H groups in total. The first-order chi connectivity index (χ1) is 6.56. The van der Waals surface area contributed by atoms with Crippen molar-refractivity contribution >= 4 is 5.97 Å². The van der Waals surface area contributed by atoms with E-state index in [1.807, 2.05) is 0 Å². The van der Waals surface area contributed by atoms with Gasteiger partial charge in [0.15, 0.2) is 5.79 Å². The van der Waals surface area contributed by atoms with E-state index >= 15 is 0 Å². The second kappa shape index (κ2) is 4.72. The molecule has 82 valence electrons. The lowest BCUT2D eigenvalue weighted by molar-refractivity contribution is -0.248. The Morgan fingerprint density at radius 3 is 3.00 bits per heavy atom. The van der Waals surface area contributed by atoms with Gasteiger partial charge in [-0.3, -0.25) is 4.79 Å². The van der Waals surface area contributed by atoms with Crippen molar-refractivity contribution in [3.63, 3.8) is 0 Å². The average molecular weight is 204 g/mol. The van der Waals surface area contributed by atoms with Crippen molar-refractivity contribution in [2.45, 2.75) is 38.1 Å². The number of aliphatic hydroxyl groups is 2. The van der Waals surface area contributed by atoms with E-state index in [2.05, 4.69) is 4.74 Å². The van der Waals surface area contributed by atoms with Gasteiger partial charge in [0.05, 0.1) is 25.7 Å². The number of carbonyl (C=O) groups is 1. The standard InChI is InChI=1S/C9H16O5/c1-2-13-8(11)6-9(12)5-7(10)3-4-14-9/h7,10,12H,2-6H2,1H3. The highest BCUT2D eigenvalue weighted by Gasteiger charge is 2.37. The molecule has 0 aromatic carbocycles. The van der Waals surface area contributed by atoms with Crippen LogP contribution < -0.4 is 0 Å². The van der Waals surface area contributed by atoms with Crippen molar-refractivity contribution in [3.8, 4) is 0 Å². The maximum Gasteiger partial charge on any atom is 0.311 e. The van der Waals surface area contributed by atoms with Crippen LogP contribution >= 0.6 is 0 Å². The molecule has 0 aromatic heterocycles. The van der Waals surface area contributed by atoms with Gasteiger partial charge in [0, 0.05) is 6.42 Å². The maximum absolute atomic E-state index is 11.1. The van der Waals surface area contributed by atoms with Gasteiger partial charge >= 0.3 is 5.97 Å². The Morgan fingerprint density at radius 1 is 1.71 bits per heavy atom. The number of ether oxygens (including phenoxy) is 2. The molecule has 0 saturated carbocycles. The fourth-order valence-corrected chi connectivity index (χ4v) is 1.47. The van der Waals surface area contributed by atoms with Gasteiger partial charge in [0.25, 0.3) is 0 Å². The predicted molar refractivity (Wildman–Crippen MR) is 47.4 cm³/mol. The van der Waals surface area contributed by atoms with Crippen LogP contribution in [0.4, 0.5) is 0 Å². The van der Waals surface area contributed by atoms with Gasteiger partial charge in [0.2, 0.25) is 0 Å². The largest absolute Gasteiger partial charge is 0.466 e. The van der Waals surface area contributed by atoms with Crippen LogP contribution in [0.5, 0.6) is 0 Å². The lowest BCUT2D eigenvalue weighted by Crippen LogP contribution is -2.43. The molecule has 1 aliphatic rings. The fraction of sp³-hybridized carbons (Fsp3) is 0.889. The number of aliphatic hydroxyl groups excluding tert-OH is 1. The van der Waals surface area contributed by atoms with Gasteiger partial charge in [-0.15, -0.1) is 0 Å². The van der Waals surface area contributed by atoms with Crippen LogP contribution in [-0.4, -0.2) is 41.3 Å². The molecule has 2 atom stereocenters. The van der Waals surface area contributed by atoms with Crippen LogP contribution in [0.25, 0.3) is 0 Å². The lowest BCUT2D eigenvalue weighted by atomic mass is 10.00. The van der Waals surface area contributed by atoms with E-state index in [9.17, 15) is 15.0 Å². The van der Waals surface area contributed by atoms with Crippen LogP contribution in [0.15, 0.2) is 0 Å². The van der Waals surface area contributed by atoms with Crippen molar-refractivity contribution in [2.75, 3.05) is 13.2 Å². The molecule has 1 heterocycles. The first kappa shape index (κ1) is 11.4. The first-order valence-corrected chi connectivity index (χ1v) is 4.76. The summed E-state index contributed by atoms with van der Waals surface area (Å²) in [5.41, 5.74) is 0. The molecule has 0 bridgehead atoms. The van der Waals surface area contributed by atoms with E-state index in [0.717, 1.165) is 0 Å². The Bertz CT molecular complexity index is 205. The summed E-state index contributed by atoms with van der Waals surface area (Å²) in [4.78, 5) is 11.1. The zero-order valence-electron chi connectivity index (χ0n) is 8.23. The Kier molecular flexibility index (Phi) is 3.86. The molecule has 1 saturated heterocycles. The smallest absolute Gasteiger partial charge is 0.311 e. The molecular formula is C9H16O5. The minimum absolute atomic E-state index is 0.0613. The molecule has 0 aromatic rings. The minimum Gasteiger partial charge on any atom is -0.466 e. The van der Waals surface area contributed by atoms with Crippen LogP contribution in [0.3, 0.4) is 0 Å². The molecule has 0 spiro atoms. The Morgan fingerprint density at radius 2 is 2.43 bits per heavy atom. The van der Waals surface area contributed by atoms with Crippen molar-refractivity contribution < 1.29 is 24.5 Å². The maximum atomic E-state index is 11.1. The number of esters is 1. The van der Waals surface area contributed by atoms with E-state index < -0.39 is 17.9 Å². The molecule has 14 heavy (non-hydrogen) atoms. The van der Waals surface area contributed by atoms with Crippen molar-refractivity contribution in [1.29, 1.82) is 0 Å². The SMILES string of the molecule is CCOC(=O)CC1(O)CC(O)CCO1. The third kappa shape index (κ3) is 3.25. The van der Waals surface area contributed by atoms with Crippen molar-refractivity contribution in [3.05, 3.63) is 0 Å². The molecule has 5 heteroatoms. The second-order valence-corrected chi connectivity index (χ2v) is 3.42. The number of hydrogen-bond donors (Lipinski definition) is 2. The van der Waals surface area contributed by atoms with E-state index in [1.54, 1.807) is 6.92 Å². The summed E-state index contributed by atoms with van der Waals surface area (Å²) in [7, 11) is 0. The Balaban J connectivity index is 2.43. The highest BCUT2D eigenvalue weighted by atomic mass is 16.6. The van der Waals surface area contributed by atoms with E-state index in [4.69, 9.17) is 4.74 Å². The van der Waals surface area contributed by atoms with Crippen molar-refractivity contribution in [1.82, 2.24) is 0 Å². The highest BCUT2D eigenvalue weighted by molar-refractivity contribution is 5.70. The summed E-state index contributed by atoms with van der Waals surface area (Å²) in [6, 6.07) is 0. The van der Waals surface area contributed by atoms with E-state index in [0.29, 0.717) is 6.42 Å². The summed E-state index contributed by atoms with van der Waals surface area (Å²) >= 11 is 0. The molecular weight excluding hydrogens is 188 g/mol. The van der Waals surface area contributed by atoms with Crippen LogP contribution in [0.1, 0.15) is 26.2 Å². The molecule has 1 aliphatic heterocycles. The molecule has 1 rings (SSSR count). The quantitative estimate of drug-likeness (QED) is 0.622. The molecule has 1 fully saturated rings. The normalized spacial score (nSPS) is 32.6. The fourth-order valence-electron chi connectivity index (χ4n) is 1.47. The van der Waals surface area contributed by atoms with Crippen LogP contribution in [0.2, 0.25) is 0 Å². The zero-order chi connectivity index (χ0) is 10.6. The number of rotatable bonds is 3. The molecule has 0 amide bonds. The van der Waals surface area contributed by atoms with Gasteiger partial charge < -0.3 is 19.7 Å². The third-order valence-corrected chi connectivity index (χ3v) is 2.10. The second-order valence-electron chi connectivity index (χ2n) is 3.42. The summed E-state index contributed by atoms with van der Waals surface area (Å²) in [5.74, 6) is -2.06. The number of hydrogen-bond acceptors (Lipinski definition) is 5. The van der Waals surface area contributed by atoms with E-state index in [-0.39, 0.29) is 26.1 Å². The lowest BCUT2D eigenvalue weighted by Gasteiger charge is -2.33. The van der Waals surface area contributed by atoms with Gasteiger partial charge in [-0.1, -0.05) is 0 Å². The molecule has 2 unspecified atom stereocenters. The van der Waals surface area contributed by atoms with Gasteiger partial charge in [-0.25, -0.2) is 0 Å². The Hall–Kier alpha value is -0.650. The molecule has 0 aliphatic carbocycles. The van der Waals surface area contributed by atoms with E-state index in [1.165, 1.54) is 0 Å². The summed E-state index contributed by atoms with van der Waals surface area (Å²) in [5, 5.41) is 19.1. The average Bonchev–Trinajstić information content (AvgIpc) is 2.02. The zero-order valence-corrected chi connectivity index (χ0v) is 8.23. The Labute approximate surface area is 82.6 Å². The van der Waals surface area contributed by atoms with Gasteiger partial charge in [-0.05, 0) is 13.3 Å². The summed E-state index contributed by atoms with van der Waals surface area (Å²) < 4.78 is 9.73. The summed E-state index contributed by atoms with van der Waals surface area (Å²) in [6.07, 6.45) is -0.280. The topological polar surface area (TPSA) is 76.0 Å². The molecule has 5 nitrogen and oxygen atoms in total. The van der Waals surface area contributed by atoms with Crippen LogP contribution in [-0.2, 0) is 14.3 Å². The van der Waals surface area contributed by atoms with Gasteiger partial charge in [-0.2, -0.15) is 0 Å². The first-order valence-electron chi connectivity index (χ1n) is 4.76. The third-order valence-electron chi connectivity index (χ3n) is 2.10. The minimum atomic E-state index is -1.55. The van der Waals surface area contributed by atoms with Gasteiger partial charge in [0.1, 0.15) is 0 Å². The number of carbonyl (C=O) groups excluding carboxylic acids is 1. The molecule has 0 radical (unpaired) electrons. The predicted octanol–water partition coefficient (Wildman–Crippen LogP) is -0.201.